The normalized spacial score (nSPS) is 10.9. The Labute approximate surface area is 122 Å². The first kappa shape index (κ1) is 13.3. The van der Waals surface area contributed by atoms with Crippen LogP contribution in [0.25, 0.3) is 11.2 Å². The number of nitrogens with zero attached hydrogens (tertiary/aromatic N) is 3. The summed E-state index contributed by atoms with van der Waals surface area (Å²) in [5, 5.41) is 10.9. The van der Waals surface area contributed by atoms with Gasteiger partial charge in [-0.1, -0.05) is 17.7 Å². The Kier molecular flexibility index (Phi) is 3.19. The van der Waals surface area contributed by atoms with Gasteiger partial charge in [0.05, 0.1) is 11.5 Å². The number of fused-ring (bicyclic) bond motifs is 1. The van der Waals surface area contributed by atoms with E-state index in [9.17, 15) is 14.9 Å². The first-order valence-corrected chi connectivity index (χ1v) is 6.31. The third-order valence-corrected chi connectivity index (χ3v) is 3.29. The highest BCUT2D eigenvalue weighted by Gasteiger charge is 2.15. The van der Waals surface area contributed by atoms with E-state index in [0.717, 1.165) is 0 Å². The van der Waals surface area contributed by atoms with E-state index < -0.39 is 10.7 Å². The van der Waals surface area contributed by atoms with Crippen LogP contribution in [0.5, 0.6) is 0 Å². The van der Waals surface area contributed by atoms with E-state index in [1.54, 1.807) is 18.2 Å². The highest BCUT2D eigenvalue weighted by atomic mass is 35.5. The molecule has 0 amide bonds. The zero-order valence-corrected chi connectivity index (χ0v) is 11.3. The highest BCUT2D eigenvalue weighted by molar-refractivity contribution is 6.32. The molecule has 0 atom stereocenters. The lowest BCUT2D eigenvalue weighted by atomic mass is 10.2. The zero-order valence-electron chi connectivity index (χ0n) is 10.5. The van der Waals surface area contributed by atoms with Crippen molar-refractivity contribution in [2.75, 3.05) is 0 Å². The zero-order chi connectivity index (χ0) is 15.0. The topological polar surface area (TPSA) is 91.2 Å². The van der Waals surface area contributed by atoms with Gasteiger partial charge in [-0.15, -0.1) is 0 Å². The Hall–Kier alpha value is -2.67. The van der Waals surface area contributed by atoms with Gasteiger partial charge in [-0.05, 0) is 23.8 Å². The molecular formula is C13H8ClN3O4. The molecule has 0 fully saturated rings. The monoisotopic (exact) mass is 305 g/mol. The van der Waals surface area contributed by atoms with E-state index in [1.165, 1.54) is 22.9 Å². The average Bonchev–Trinajstić information content (AvgIpc) is 2.77. The number of hydrogen-bond acceptors (Lipinski definition) is 5. The van der Waals surface area contributed by atoms with Crippen LogP contribution in [0.1, 0.15) is 5.56 Å². The molecule has 106 valence electrons. The number of nitro benzene ring substituents is 1. The van der Waals surface area contributed by atoms with Crippen molar-refractivity contribution in [2.45, 2.75) is 6.54 Å². The number of hydrogen-bond donors (Lipinski definition) is 0. The van der Waals surface area contributed by atoms with E-state index in [0.29, 0.717) is 16.8 Å². The van der Waals surface area contributed by atoms with Gasteiger partial charge in [0.25, 0.3) is 5.69 Å². The Morgan fingerprint density at radius 1 is 1.38 bits per heavy atom. The number of aromatic nitrogens is 2. The molecule has 0 bridgehead atoms. The molecule has 21 heavy (non-hydrogen) atoms. The van der Waals surface area contributed by atoms with Crippen LogP contribution in [0.15, 0.2) is 45.7 Å². The maximum absolute atomic E-state index is 11.8. The molecule has 0 N–H and O–H groups in total. The summed E-state index contributed by atoms with van der Waals surface area (Å²) in [7, 11) is 0. The molecule has 8 heteroatoms. The molecule has 0 spiro atoms. The molecule has 3 aromatic rings. The Morgan fingerprint density at radius 3 is 2.95 bits per heavy atom. The van der Waals surface area contributed by atoms with E-state index >= 15 is 0 Å². The van der Waals surface area contributed by atoms with Crippen molar-refractivity contribution in [1.82, 2.24) is 9.55 Å². The smallest absolute Gasteiger partial charge is 0.406 e. The number of rotatable bonds is 3. The van der Waals surface area contributed by atoms with Crippen molar-refractivity contribution in [3.8, 4) is 0 Å². The minimum Gasteiger partial charge on any atom is -0.406 e. The van der Waals surface area contributed by atoms with Crippen LogP contribution in [0.4, 0.5) is 5.69 Å². The second kappa shape index (κ2) is 5.02. The third kappa shape index (κ3) is 2.38. The summed E-state index contributed by atoms with van der Waals surface area (Å²) >= 11 is 5.76. The summed E-state index contributed by atoms with van der Waals surface area (Å²) in [4.78, 5) is 26.2. The predicted molar refractivity (Wildman–Crippen MR) is 75.5 cm³/mol. The molecule has 2 heterocycles. The molecular weight excluding hydrogens is 298 g/mol. The van der Waals surface area contributed by atoms with Crippen LogP contribution in [-0.2, 0) is 6.54 Å². The van der Waals surface area contributed by atoms with Crippen molar-refractivity contribution in [3.63, 3.8) is 0 Å². The first-order valence-electron chi connectivity index (χ1n) is 5.93. The summed E-state index contributed by atoms with van der Waals surface area (Å²) in [6.45, 7) is 0.112. The quantitative estimate of drug-likeness (QED) is 0.548. The molecule has 0 aliphatic heterocycles. The predicted octanol–water partition coefficient (Wildman–Crippen LogP) is 2.60. The van der Waals surface area contributed by atoms with Gasteiger partial charge in [0, 0.05) is 12.3 Å². The van der Waals surface area contributed by atoms with Crippen molar-refractivity contribution < 1.29 is 9.34 Å². The Balaban J connectivity index is 2.07. The fourth-order valence-electron chi connectivity index (χ4n) is 2.02. The van der Waals surface area contributed by atoms with E-state index in [2.05, 4.69) is 4.98 Å². The maximum atomic E-state index is 11.8. The molecule has 0 saturated heterocycles. The SMILES string of the molecule is O=c1oc2cccnc2n1Cc1ccc(Cl)c([N+](=O)[O-])c1. The summed E-state index contributed by atoms with van der Waals surface area (Å²) in [5.41, 5.74) is 1.11. The highest BCUT2D eigenvalue weighted by Crippen LogP contribution is 2.25. The number of nitro groups is 1. The number of halogens is 1. The summed E-state index contributed by atoms with van der Waals surface area (Å²) in [6.07, 6.45) is 1.54. The number of pyridine rings is 1. The lowest BCUT2D eigenvalue weighted by molar-refractivity contribution is -0.384. The van der Waals surface area contributed by atoms with Gasteiger partial charge in [0.2, 0.25) is 0 Å². The summed E-state index contributed by atoms with van der Waals surface area (Å²) in [6, 6.07) is 7.66. The maximum Gasteiger partial charge on any atom is 0.421 e. The van der Waals surface area contributed by atoms with Crippen LogP contribution in [-0.4, -0.2) is 14.5 Å². The molecule has 2 aromatic heterocycles. The standard InChI is InChI=1S/C13H8ClN3O4/c14-9-4-3-8(6-10(9)17(19)20)7-16-12-11(21-13(16)18)2-1-5-15-12/h1-6H,7H2. The van der Waals surface area contributed by atoms with E-state index in [1.807, 2.05) is 0 Å². The molecule has 7 nitrogen and oxygen atoms in total. The fraction of sp³-hybridized carbons (Fsp3) is 0.0769. The molecule has 0 unspecified atom stereocenters. The van der Waals surface area contributed by atoms with Crippen LogP contribution in [0, 0.1) is 10.1 Å². The van der Waals surface area contributed by atoms with Crippen molar-refractivity contribution in [3.05, 3.63) is 67.8 Å². The van der Waals surface area contributed by atoms with Gasteiger partial charge < -0.3 is 4.42 Å². The third-order valence-electron chi connectivity index (χ3n) is 2.97. The minimum absolute atomic E-state index is 0.0475. The van der Waals surface area contributed by atoms with Gasteiger partial charge in [-0.25, -0.2) is 9.78 Å². The number of benzene rings is 1. The van der Waals surface area contributed by atoms with Crippen LogP contribution in [0.2, 0.25) is 5.02 Å². The van der Waals surface area contributed by atoms with Crippen LogP contribution >= 0.6 is 11.6 Å². The first-order chi connectivity index (χ1) is 10.1. The molecule has 0 aliphatic carbocycles. The van der Waals surface area contributed by atoms with Crippen molar-refractivity contribution in [2.24, 2.45) is 0 Å². The summed E-state index contributed by atoms with van der Waals surface area (Å²) in [5.74, 6) is -0.568. The average molecular weight is 306 g/mol. The fourth-order valence-corrected chi connectivity index (χ4v) is 2.21. The number of oxazole rings is 1. The summed E-state index contributed by atoms with van der Waals surface area (Å²) < 4.78 is 6.37. The van der Waals surface area contributed by atoms with Gasteiger partial charge in [-0.3, -0.25) is 14.7 Å². The van der Waals surface area contributed by atoms with Gasteiger partial charge in [-0.2, -0.15) is 0 Å². The van der Waals surface area contributed by atoms with E-state index in [-0.39, 0.29) is 17.3 Å². The van der Waals surface area contributed by atoms with Gasteiger partial charge in [0.1, 0.15) is 5.02 Å². The van der Waals surface area contributed by atoms with Crippen LogP contribution in [0.3, 0.4) is 0 Å². The van der Waals surface area contributed by atoms with E-state index in [4.69, 9.17) is 16.0 Å². The largest absolute Gasteiger partial charge is 0.421 e. The molecule has 0 radical (unpaired) electrons. The minimum atomic E-state index is -0.569. The molecule has 1 aromatic carbocycles. The van der Waals surface area contributed by atoms with Gasteiger partial charge in [0.15, 0.2) is 11.2 Å². The lowest BCUT2D eigenvalue weighted by Gasteiger charge is -2.03. The lowest BCUT2D eigenvalue weighted by Crippen LogP contribution is -2.15. The Morgan fingerprint density at radius 2 is 2.19 bits per heavy atom. The second-order valence-electron chi connectivity index (χ2n) is 4.32. The second-order valence-corrected chi connectivity index (χ2v) is 4.73. The molecule has 0 aliphatic rings. The van der Waals surface area contributed by atoms with Crippen molar-refractivity contribution >= 4 is 28.5 Å². The molecule has 0 saturated carbocycles. The Bertz CT molecular complexity index is 900. The van der Waals surface area contributed by atoms with Gasteiger partial charge >= 0.3 is 5.76 Å². The van der Waals surface area contributed by atoms with Crippen LogP contribution < -0.4 is 5.76 Å². The van der Waals surface area contributed by atoms with Crippen molar-refractivity contribution in [1.29, 1.82) is 0 Å². The molecule has 3 rings (SSSR count).